The van der Waals surface area contributed by atoms with Gasteiger partial charge in [-0.1, -0.05) is 24.6 Å². The molecular weight excluding hydrogens is 342 g/mol. The molecule has 1 N–H and O–H groups in total. The van der Waals surface area contributed by atoms with Crippen LogP contribution < -0.4 is 5.32 Å². The zero-order valence-electron chi connectivity index (χ0n) is 11.0. The van der Waals surface area contributed by atoms with Gasteiger partial charge in [0.1, 0.15) is 0 Å². The highest BCUT2D eigenvalue weighted by Crippen LogP contribution is 2.33. The third-order valence-electron chi connectivity index (χ3n) is 2.95. The Morgan fingerprint density at radius 1 is 1.32 bits per heavy atom. The van der Waals surface area contributed by atoms with Gasteiger partial charge in [-0.25, -0.2) is 0 Å². The summed E-state index contributed by atoms with van der Waals surface area (Å²) in [4.78, 5) is 0. The first-order valence-corrected chi connectivity index (χ1v) is 8.45. The van der Waals surface area contributed by atoms with Gasteiger partial charge in [0.25, 0.3) is 0 Å². The Labute approximate surface area is 132 Å². The third-order valence-corrected chi connectivity index (χ3v) is 4.92. The Hall–Kier alpha value is -0.350. The maximum Gasteiger partial charge on any atom is 0.0596 e. The van der Waals surface area contributed by atoms with E-state index < -0.39 is 0 Å². The van der Waals surface area contributed by atoms with Crippen molar-refractivity contribution in [2.75, 3.05) is 6.54 Å². The minimum atomic E-state index is 0.193. The van der Waals surface area contributed by atoms with E-state index in [-0.39, 0.29) is 6.04 Å². The summed E-state index contributed by atoms with van der Waals surface area (Å²) < 4.78 is 1.16. The summed E-state index contributed by atoms with van der Waals surface area (Å²) in [5.41, 5.74) is 3.69. The molecule has 0 saturated carbocycles. The molecule has 0 aliphatic carbocycles. The predicted molar refractivity (Wildman–Crippen MR) is 88.3 cm³/mol. The Bertz CT molecular complexity index is 533. The number of nitrogens with one attached hydrogen (secondary N) is 1. The fourth-order valence-corrected chi connectivity index (χ4v) is 3.97. The van der Waals surface area contributed by atoms with E-state index in [4.69, 9.17) is 11.6 Å². The van der Waals surface area contributed by atoms with Gasteiger partial charge in [-0.3, -0.25) is 0 Å². The van der Waals surface area contributed by atoms with Crippen LogP contribution in [0.25, 0.3) is 0 Å². The number of hydrogen-bond acceptors (Lipinski definition) is 2. The molecule has 1 aromatic heterocycles. The quantitative estimate of drug-likeness (QED) is 0.737. The van der Waals surface area contributed by atoms with Crippen LogP contribution in [-0.2, 0) is 0 Å². The molecule has 0 radical (unpaired) electrons. The van der Waals surface area contributed by atoms with Crippen LogP contribution in [0.1, 0.15) is 36.1 Å². The molecule has 0 aliphatic rings. The molecule has 4 heteroatoms. The second-order valence-electron chi connectivity index (χ2n) is 4.62. The van der Waals surface area contributed by atoms with Crippen LogP contribution in [0.4, 0.5) is 0 Å². The maximum atomic E-state index is 6.19. The second kappa shape index (κ2) is 6.89. The number of benzene rings is 1. The minimum Gasteiger partial charge on any atom is -0.306 e. The number of thiophene rings is 1. The molecule has 102 valence electrons. The highest BCUT2D eigenvalue weighted by atomic mass is 79.9. The first kappa shape index (κ1) is 15.0. The van der Waals surface area contributed by atoms with E-state index in [1.807, 2.05) is 12.1 Å². The van der Waals surface area contributed by atoms with Crippen LogP contribution in [0.3, 0.4) is 0 Å². The fourth-order valence-electron chi connectivity index (χ4n) is 2.12. The monoisotopic (exact) mass is 357 g/mol. The van der Waals surface area contributed by atoms with Crippen LogP contribution in [0.15, 0.2) is 33.4 Å². The Balaban J connectivity index is 2.39. The van der Waals surface area contributed by atoms with Crippen molar-refractivity contribution in [1.29, 1.82) is 0 Å². The third kappa shape index (κ3) is 3.82. The highest BCUT2D eigenvalue weighted by Gasteiger charge is 2.17. The fraction of sp³-hybridized carbons (Fsp3) is 0.333. The van der Waals surface area contributed by atoms with Crippen molar-refractivity contribution >= 4 is 38.9 Å². The Kier molecular flexibility index (Phi) is 5.46. The van der Waals surface area contributed by atoms with Crippen molar-refractivity contribution in [3.8, 4) is 0 Å². The van der Waals surface area contributed by atoms with Crippen molar-refractivity contribution in [3.05, 3.63) is 55.1 Å². The minimum absolute atomic E-state index is 0.193. The zero-order valence-corrected chi connectivity index (χ0v) is 14.2. The molecule has 2 aromatic rings. The summed E-state index contributed by atoms with van der Waals surface area (Å²) in [6, 6.07) is 6.43. The number of halogens is 2. The number of aryl methyl sites for hydroxylation is 1. The van der Waals surface area contributed by atoms with Gasteiger partial charge in [0.15, 0.2) is 0 Å². The lowest BCUT2D eigenvalue weighted by Gasteiger charge is -2.20. The summed E-state index contributed by atoms with van der Waals surface area (Å²) >= 11 is 11.5. The van der Waals surface area contributed by atoms with Crippen molar-refractivity contribution in [2.24, 2.45) is 0 Å². The number of hydrogen-bond donors (Lipinski definition) is 1. The molecule has 1 atom stereocenters. The molecule has 0 aliphatic heterocycles. The standard InChI is InChI=1S/C15H17BrClNS/c1-3-4-18-15(13-8-19-9-14(13)16)11-5-10(2)6-12(17)7-11/h5-9,15,18H,3-4H2,1-2H3. The maximum absolute atomic E-state index is 6.19. The summed E-state index contributed by atoms with van der Waals surface area (Å²) in [6.45, 7) is 5.24. The van der Waals surface area contributed by atoms with E-state index >= 15 is 0 Å². The summed E-state index contributed by atoms with van der Waals surface area (Å²) in [5.74, 6) is 0. The lowest BCUT2D eigenvalue weighted by Crippen LogP contribution is -2.23. The molecule has 19 heavy (non-hydrogen) atoms. The normalized spacial score (nSPS) is 12.6. The summed E-state index contributed by atoms with van der Waals surface area (Å²) in [7, 11) is 0. The van der Waals surface area contributed by atoms with Crippen LogP contribution in [-0.4, -0.2) is 6.54 Å². The molecule has 0 saturated heterocycles. The van der Waals surface area contributed by atoms with E-state index in [0.717, 1.165) is 22.5 Å². The molecule has 1 heterocycles. The van der Waals surface area contributed by atoms with Gasteiger partial charge >= 0.3 is 0 Å². The van der Waals surface area contributed by atoms with Gasteiger partial charge in [-0.05, 0) is 70.0 Å². The van der Waals surface area contributed by atoms with Gasteiger partial charge in [0, 0.05) is 14.9 Å². The Morgan fingerprint density at radius 3 is 2.68 bits per heavy atom. The van der Waals surface area contributed by atoms with Crippen molar-refractivity contribution in [1.82, 2.24) is 5.32 Å². The molecular formula is C15H17BrClNS. The molecule has 0 spiro atoms. The van der Waals surface area contributed by atoms with Gasteiger partial charge in [-0.2, -0.15) is 11.3 Å². The van der Waals surface area contributed by atoms with Gasteiger partial charge in [0.2, 0.25) is 0 Å². The smallest absolute Gasteiger partial charge is 0.0596 e. The molecule has 1 nitrogen and oxygen atoms in total. The van der Waals surface area contributed by atoms with E-state index in [2.05, 4.69) is 51.9 Å². The van der Waals surface area contributed by atoms with Gasteiger partial charge in [0.05, 0.1) is 6.04 Å². The van der Waals surface area contributed by atoms with Crippen LogP contribution >= 0.6 is 38.9 Å². The summed E-state index contributed by atoms with van der Waals surface area (Å²) in [5, 5.41) is 8.70. The van der Waals surface area contributed by atoms with Crippen LogP contribution in [0.5, 0.6) is 0 Å². The van der Waals surface area contributed by atoms with Crippen molar-refractivity contribution < 1.29 is 0 Å². The average molecular weight is 359 g/mol. The topological polar surface area (TPSA) is 12.0 Å². The Morgan fingerprint density at radius 2 is 2.11 bits per heavy atom. The first-order valence-electron chi connectivity index (χ1n) is 6.34. The molecule has 0 amide bonds. The van der Waals surface area contributed by atoms with Crippen molar-refractivity contribution in [2.45, 2.75) is 26.3 Å². The molecule has 2 rings (SSSR count). The second-order valence-corrected chi connectivity index (χ2v) is 6.66. The van der Waals surface area contributed by atoms with E-state index in [9.17, 15) is 0 Å². The first-order chi connectivity index (χ1) is 9.11. The molecule has 0 fully saturated rings. The van der Waals surface area contributed by atoms with Crippen LogP contribution in [0, 0.1) is 6.92 Å². The SMILES string of the molecule is CCCNC(c1cc(C)cc(Cl)c1)c1cscc1Br. The summed E-state index contributed by atoms with van der Waals surface area (Å²) in [6.07, 6.45) is 1.11. The van der Waals surface area contributed by atoms with Gasteiger partial charge < -0.3 is 5.32 Å². The number of rotatable bonds is 5. The van der Waals surface area contributed by atoms with E-state index in [1.165, 1.54) is 16.7 Å². The molecule has 1 aromatic carbocycles. The zero-order chi connectivity index (χ0) is 13.8. The highest BCUT2D eigenvalue weighted by molar-refractivity contribution is 9.10. The van der Waals surface area contributed by atoms with E-state index in [1.54, 1.807) is 11.3 Å². The predicted octanol–water partition coefficient (Wildman–Crippen LogP) is 5.56. The van der Waals surface area contributed by atoms with E-state index in [0.29, 0.717) is 0 Å². The van der Waals surface area contributed by atoms with Crippen molar-refractivity contribution in [3.63, 3.8) is 0 Å². The average Bonchev–Trinajstić information content (AvgIpc) is 2.75. The van der Waals surface area contributed by atoms with Gasteiger partial charge in [-0.15, -0.1) is 0 Å². The molecule has 1 unspecified atom stereocenters. The largest absolute Gasteiger partial charge is 0.306 e. The molecule has 0 bridgehead atoms. The lowest BCUT2D eigenvalue weighted by molar-refractivity contribution is 0.598. The lowest BCUT2D eigenvalue weighted by atomic mass is 9.99. The van der Waals surface area contributed by atoms with Crippen LogP contribution in [0.2, 0.25) is 5.02 Å².